The van der Waals surface area contributed by atoms with Crippen molar-refractivity contribution in [1.82, 2.24) is 0 Å². The summed E-state index contributed by atoms with van der Waals surface area (Å²) >= 11 is 6.04. The van der Waals surface area contributed by atoms with Gasteiger partial charge in [-0.05, 0) is 17.7 Å². The Hall–Kier alpha value is -1.10. The van der Waals surface area contributed by atoms with Crippen LogP contribution < -0.4 is 4.74 Å². The van der Waals surface area contributed by atoms with Gasteiger partial charge in [0, 0.05) is 30.5 Å². The van der Waals surface area contributed by atoms with E-state index in [2.05, 4.69) is 0 Å². The third-order valence-electron chi connectivity index (χ3n) is 2.91. The number of carbonyl (C=O) groups is 1. The molecule has 1 aliphatic heterocycles. The lowest BCUT2D eigenvalue weighted by molar-refractivity contribution is -0.123. The van der Waals surface area contributed by atoms with Crippen LogP contribution >= 0.6 is 11.6 Å². The lowest BCUT2D eigenvalue weighted by Crippen LogP contribution is -2.14. The molecular formula is C14H17ClO4. The summed E-state index contributed by atoms with van der Waals surface area (Å²) in [5.41, 5.74) is 1.93. The van der Waals surface area contributed by atoms with E-state index < -0.39 is 0 Å². The van der Waals surface area contributed by atoms with Gasteiger partial charge in [0.2, 0.25) is 0 Å². The highest BCUT2D eigenvalue weighted by Crippen LogP contribution is 2.33. The van der Waals surface area contributed by atoms with Gasteiger partial charge in [0.1, 0.15) is 12.4 Å². The van der Waals surface area contributed by atoms with Crippen molar-refractivity contribution in [1.29, 1.82) is 0 Å². The molecule has 1 heterocycles. The highest BCUT2D eigenvalue weighted by molar-refractivity contribution is 6.30. The Morgan fingerprint density at radius 1 is 1.42 bits per heavy atom. The third kappa shape index (κ3) is 3.93. The number of benzene rings is 1. The van der Waals surface area contributed by atoms with E-state index in [1.165, 1.54) is 0 Å². The summed E-state index contributed by atoms with van der Waals surface area (Å²) in [6.45, 7) is 1.65. The molecule has 0 amide bonds. The molecule has 0 fully saturated rings. The Labute approximate surface area is 117 Å². The molecule has 0 aliphatic carbocycles. The molecule has 104 valence electrons. The molecule has 0 aromatic heterocycles. The summed E-state index contributed by atoms with van der Waals surface area (Å²) in [5.74, 6) is 0.825. The summed E-state index contributed by atoms with van der Waals surface area (Å²) in [6, 6.07) is 3.69. The first-order valence-electron chi connectivity index (χ1n) is 6.23. The second kappa shape index (κ2) is 6.89. The Balaban J connectivity index is 1.94. The van der Waals surface area contributed by atoms with Gasteiger partial charge in [-0.15, -0.1) is 0 Å². The summed E-state index contributed by atoms with van der Waals surface area (Å²) in [7, 11) is 1.60. The van der Waals surface area contributed by atoms with Crippen molar-refractivity contribution < 1.29 is 19.0 Å². The quantitative estimate of drug-likeness (QED) is 0.719. The van der Waals surface area contributed by atoms with Gasteiger partial charge in [-0.2, -0.15) is 0 Å². The number of ketones is 1. The molecule has 0 unspecified atom stereocenters. The maximum atomic E-state index is 11.8. The predicted molar refractivity (Wildman–Crippen MR) is 72.1 cm³/mol. The van der Waals surface area contributed by atoms with E-state index >= 15 is 0 Å². The summed E-state index contributed by atoms with van der Waals surface area (Å²) < 4.78 is 15.6. The number of ether oxygens (including phenoxy) is 3. The molecule has 0 saturated carbocycles. The monoisotopic (exact) mass is 284 g/mol. The van der Waals surface area contributed by atoms with Crippen LogP contribution in [0.2, 0.25) is 5.02 Å². The standard InChI is InChI=1S/C14H17ClO4/c1-17-4-5-18-9-13(16)8-11-7-12(15)6-10-2-3-19-14(10)11/h6-7H,2-5,8-9H2,1H3. The minimum absolute atomic E-state index is 0.0102. The second-order valence-electron chi connectivity index (χ2n) is 4.41. The maximum absolute atomic E-state index is 11.8. The number of Topliss-reactive ketones (excluding diaryl/α,β-unsaturated/α-hetero) is 1. The van der Waals surface area contributed by atoms with E-state index in [0.29, 0.717) is 24.8 Å². The first-order chi connectivity index (χ1) is 9.20. The van der Waals surface area contributed by atoms with Gasteiger partial charge in [0.15, 0.2) is 5.78 Å². The van der Waals surface area contributed by atoms with E-state index in [4.69, 9.17) is 25.8 Å². The van der Waals surface area contributed by atoms with Gasteiger partial charge in [-0.25, -0.2) is 0 Å². The largest absolute Gasteiger partial charge is 0.493 e. The summed E-state index contributed by atoms with van der Waals surface area (Å²) in [4.78, 5) is 11.8. The number of hydrogen-bond donors (Lipinski definition) is 0. The predicted octanol–water partition coefficient (Wildman–Crippen LogP) is 2.05. The Bertz CT molecular complexity index is 459. The molecule has 0 N–H and O–H groups in total. The molecule has 5 heteroatoms. The fraction of sp³-hybridized carbons (Fsp3) is 0.500. The number of fused-ring (bicyclic) bond motifs is 1. The van der Waals surface area contributed by atoms with Gasteiger partial charge >= 0.3 is 0 Å². The lowest BCUT2D eigenvalue weighted by atomic mass is 10.0. The van der Waals surface area contributed by atoms with Crippen molar-refractivity contribution >= 4 is 17.4 Å². The normalized spacial score (nSPS) is 13.2. The van der Waals surface area contributed by atoms with Crippen LogP contribution in [0.1, 0.15) is 11.1 Å². The molecule has 1 aromatic rings. The SMILES string of the molecule is COCCOCC(=O)Cc1cc(Cl)cc2c1OCC2. The number of methoxy groups -OCH3 is 1. The zero-order valence-electron chi connectivity index (χ0n) is 10.9. The third-order valence-corrected chi connectivity index (χ3v) is 3.13. The molecule has 19 heavy (non-hydrogen) atoms. The number of halogens is 1. The molecule has 4 nitrogen and oxygen atoms in total. The molecular weight excluding hydrogens is 268 g/mol. The molecule has 0 bridgehead atoms. The molecule has 0 saturated heterocycles. The van der Waals surface area contributed by atoms with Crippen LogP contribution in [0.15, 0.2) is 12.1 Å². The van der Waals surface area contributed by atoms with Crippen LogP contribution in [0.3, 0.4) is 0 Å². The van der Waals surface area contributed by atoms with Crippen LogP contribution in [0.5, 0.6) is 5.75 Å². The topological polar surface area (TPSA) is 44.8 Å². The molecule has 2 rings (SSSR count). The minimum Gasteiger partial charge on any atom is -0.493 e. The fourth-order valence-electron chi connectivity index (χ4n) is 2.07. The minimum atomic E-state index is 0.0102. The summed E-state index contributed by atoms with van der Waals surface area (Å²) in [5, 5.41) is 0.646. The van der Waals surface area contributed by atoms with Crippen molar-refractivity contribution in [2.45, 2.75) is 12.8 Å². The van der Waals surface area contributed by atoms with Gasteiger partial charge in [-0.3, -0.25) is 4.79 Å². The van der Waals surface area contributed by atoms with Crippen molar-refractivity contribution in [3.05, 3.63) is 28.3 Å². The second-order valence-corrected chi connectivity index (χ2v) is 4.85. The van der Waals surface area contributed by atoms with E-state index in [1.807, 2.05) is 6.07 Å². The maximum Gasteiger partial charge on any atom is 0.162 e. The smallest absolute Gasteiger partial charge is 0.162 e. The molecule has 1 aromatic carbocycles. The molecule has 0 spiro atoms. The van der Waals surface area contributed by atoms with Crippen LogP contribution in [0.25, 0.3) is 0 Å². The highest BCUT2D eigenvalue weighted by Gasteiger charge is 2.19. The van der Waals surface area contributed by atoms with Gasteiger partial charge in [0.05, 0.1) is 19.8 Å². The lowest BCUT2D eigenvalue weighted by Gasteiger charge is -2.08. The summed E-state index contributed by atoms with van der Waals surface area (Å²) in [6.07, 6.45) is 1.14. The van der Waals surface area contributed by atoms with Gasteiger partial charge in [0.25, 0.3) is 0 Å². The van der Waals surface area contributed by atoms with E-state index in [-0.39, 0.29) is 18.8 Å². The van der Waals surface area contributed by atoms with Gasteiger partial charge in [-0.1, -0.05) is 11.6 Å². The van der Waals surface area contributed by atoms with E-state index in [0.717, 1.165) is 23.3 Å². The fourth-order valence-corrected chi connectivity index (χ4v) is 2.33. The number of carbonyl (C=O) groups excluding carboxylic acids is 1. The zero-order valence-corrected chi connectivity index (χ0v) is 11.7. The zero-order chi connectivity index (χ0) is 13.7. The van der Waals surface area contributed by atoms with Crippen LogP contribution in [0, 0.1) is 0 Å². The Morgan fingerprint density at radius 3 is 3.05 bits per heavy atom. The van der Waals surface area contributed by atoms with Crippen molar-refractivity contribution in [2.75, 3.05) is 33.5 Å². The van der Waals surface area contributed by atoms with Crippen molar-refractivity contribution in [3.8, 4) is 5.75 Å². The Kier molecular flexibility index (Phi) is 5.19. The van der Waals surface area contributed by atoms with Gasteiger partial charge < -0.3 is 14.2 Å². The average Bonchev–Trinajstić information content (AvgIpc) is 2.82. The van der Waals surface area contributed by atoms with Crippen molar-refractivity contribution in [2.24, 2.45) is 0 Å². The highest BCUT2D eigenvalue weighted by atomic mass is 35.5. The molecule has 0 atom stereocenters. The number of rotatable bonds is 7. The average molecular weight is 285 g/mol. The Morgan fingerprint density at radius 2 is 2.26 bits per heavy atom. The van der Waals surface area contributed by atoms with E-state index in [9.17, 15) is 4.79 Å². The first kappa shape index (κ1) is 14.3. The van der Waals surface area contributed by atoms with Crippen molar-refractivity contribution in [3.63, 3.8) is 0 Å². The van der Waals surface area contributed by atoms with Crippen LogP contribution in [-0.2, 0) is 27.1 Å². The molecule has 0 radical (unpaired) electrons. The van der Waals surface area contributed by atoms with Crippen LogP contribution in [-0.4, -0.2) is 39.3 Å². The van der Waals surface area contributed by atoms with Crippen LogP contribution in [0.4, 0.5) is 0 Å². The van der Waals surface area contributed by atoms with E-state index in [1.54, 1.807) is 13.2 Å². The molecule has 1 aliphatic rings. The number of hydrogen-bond acceptors (Lipinski definition) is 4. The first-order valence-corrected chi connectivity index (χ1v) is 6.61.